The van der Waals surface area contributed by atoms with Crippen LogP contribution in [-0.4, -0.2) is 46.5 Å². The maximum atomic E-state index is 14.4. The fraction of sp³-hybridized carbons (Fsp3) is 0.700. The van der Waals surface area contributed by atoms with Crippen LogP contribution in [0.1, 0.15) is 111 Å². The van der Waals surface area contributed by atoms with Gasteiger partial charge in [0.25, 0.3) is 0 Å². The first-order chi connectivity index (χ1) is 17.0. The lowest BCUT2D eigenvalue weighted by Gasteiger charge is -2.44. The SMILES string of the molecule is CCCCCNC(=O)C(c1cccc(C)c1C)N(C(=O)C(NC(=O)OC(C)(C)C)C(C)CC)C(C)(C)C. The third-order valence-corrected chi connectivity index (χ3v) is 6.64. The van der Waals surface area contributed by atoms with Gasteiger partial charge in [-0.2, -0.15) is 0 Å². The molecule has 3 amide bonds. The van der Waals surface area contributed by atoms with Gasteiger partial charge in [0.15, 0.2) is 0 Å². The summed E-state index contributed by atoms with van der Waals surface area (Å²) >= 11 is 0. The number of aryl methyl sites for hydroxylation is 1. The lowest BCUT2D eigenvalue weighted by Crippen LogP contribution is -2.60. The molecule has 210 valence electrons. The van der Waals surface area contributed by atoms with Gasteiger partial charge in [0.05, 0.1) is 0 Å². The summed E-state index contributed by atoms with van der Waals surface area (Å²) in [6, 6.07) is 4.15. The van der Waals surface area contributed by atoms with Gasteiger partial charge in [-0.05, 0) is 84.4 Å². The number of hydrogen-bond donors (Lipinski definition) is 2. The molecule has 3 unspecified atom stereocenters. The van der Waals surface area contributed by atoms with Crippen molar-refractivity contribution in [2.45, 2.75) is 125 Å². The second kappa shape index (κ2) is 13.8. The van der Waals surface area contributed by atoms with Crippen molar-refractivity contribution in [3.8, 4) is 0 Å². The minimum Gasteiger partial charge on any atom is -0.444 e. The van der Waals surface area contributed by atoms with Crippen LogP contribution < -0.4 is 10.6 Å². The Morgan fingerprint density at radius 1 is 1.00 bits per heavy atom. The average Bonchev–Trinajstić information content (AvgIpc) is 2.77. The van der Waals surface area contributed by atoms with Crippen LogP contribution in [0.15, 0.2) is 18.2 Å². The number of carbonyl (C=O) groups is 3. The lowest BCUT2D eigenvalue weighted by atomic mass is 9.89. The average molecular weight is 518 g/mol. The molecule has 7 nitrogen and oxygen atoms in total. The molecule has 0 radical (unpaired) electrons. The highest BCUT2D eigenvalue weighted by Crippen LogP contribution is 2.33. The molecule has 3 atom stereocenters. The molecule has 0 saturated heterocycles. The number of nitrogens with zero attached hydrogens (tertiary/aromatic N) is 1. The topological polar surface area (TPSA) is 87.7 Å². The van der Waals surface area contributed by atoms with Gasteiger partial charge in [0.1, 0.15) is 17.7 Å². The highest BCUT2D eigenvalue weighted by atomic mass is 16.6. The van der Waals surface area contributed by atoms with E-state index in [9.17, 15) is 14.4 Å². The first kappa shape index (κ1) is 32.5. The molecular formula is C30H51N3O4. The van der Waals surface area contributed by atoms with E-state index in [0.29, 0.717) is 13.0 Å². The van der Waals surface area contributed by atoms with Gasteiger partial charge in [-0.1, -0.05) is 58.2 Å². The molecule has 1 rings (SSSR count). The van der Waals surface area contributed by atoms with E-state index in [0.717, 1.165) is 36.0 Å². The maximum absolute atomic E-state index is 14.4. The van der Waals surface area contributed by atoms with Gasteiger partial charge >= 0.3 is 6.09 Å². The van der Waals surface area contributed by atoms with Crippen LogP contribution in [0.2, 0.25) is 0 Å². The van der Waals surface area contributed by atoms with Crippen LogP contribution in [0.5, 0.6) is 0 Å². The molecule has 37 heavy (non-hydrogen) atoms. The zero-order valence-electron chi connectivity index (χ0n) is 25.1. The monoisotopic (exact) mass is 517 g/mol. The van der Waals surface area contributed by atoms with E-state index < -0.39 is 29.3 Å². The van der Waals surface area contributed by atoms with Crippen molar-refractivity contribution in [2.24, 2.45) is 5.92 Å². The Balaban J connectivity index is 3.61. The van der Waals surface area contributed by atoms with Crippen LogP contribution in [0.25, 0.3) is 0 Å². The summed E-state index contributed by atoms with van der Waals surface area (Å²) in [4.78, 5) is 42.6. The van der Waals surface area contributed by atoms with E-state index >= 15 is 0 Å². The predicted molar refractivity (Wildman–Crippen MR) is 150 cm³/mol. The lowest BCUT2D eigenvalue weighted by molar-refractivity contribution is -0.149. The second-order valence-corrected chi connectivity index (χ2v) is 12.1. The highest BCUT2D eigenvalue weighted by Gasteiger charge is 2.43. The summed E-state index contributed by atoms with van der Waals surface area (Å²) in [5.74, 6) is -0.688. The van der Waals surface area contributed by atoms with Crippen molar-refractivity contribution in [3.05, 3.63) is 34.9 Å². The van der Waals surface area contributed by atoms with Crippen molar-refractivity contribution in [1.82, 2.24) is 15.5 Å². The zero-order valence-corrected chi connectivity index (χ0v) is 25.1. The molecule has 0 aromatic heterocycles. The number of ether oxygens (including phenoxy) is 1. The molecule has 0 bridgehead atoms. The van der Waals surface area contributed by atoms with Gasteiger partial charge in [-0.25, -0.2) is 4.79 Å². The van der Waals surface area contributed by atoms with E-state index in [2.05, 4.69) is 17.6 Å². The molecule has 7 heteroatoms. The van der Waals surface area contributed by atoms with E-state index in [1.165, 1.54) is 0 Å². The van der Waals surface area contributed by atoms with Crippen molar-refractivity contribution >= 4 is 17.9 Å². The molecule has 0 spiro atoms. The van der Waals surface area contributed by atoms with Crippen LogP contribution in [0, 0.1) is 19.8 Å². The van der Waals surface area contributed by atoms with Crippen molar-refractivity contribution in [2.75, 3.05) is 6.54 Å². The standard InChI is InChI=1S/C30H51N3O4/c1-12-14-15-19-31-26(34)25(23-18-16-17-21(4)22(23)5)33(29(6,7)8)27(35)24(20(3)13-2)32-28(36)37-30(9,10)11/h16-18,20,24-25H,12-15,19H2,1-11H3,(H,31,34)(H,32,36). The Labute approximate surface area is 225 Å². The van der Waals surface area contributed by atoms with Gasteiger partial charge < -0.3 is 20.3 Å². The number of amides is 3. The normalized spacial score (nSPS) is 14.4. The Morgan fingerprint density at radius 2 is 1.62 bits per heavy atom. The van der Waals surface area contributed by atoms with E-state index in [4.69, 9.17) is 4.74 Å². The Hall–Kier alpha value is -2.57. The first-order valence-electron chi connectivity index (χ1n) is 13.7. The minimum atomic E-state index is -0.848. The Morgan fingerprint density at radius 3 is 2.14 bits per heavy atom. The summed E-state index contributed by atoms with van der Waals surface area (Å²) in [6.07, 6.45) is 2.97. The maximum Gasteiger partial charge on any atom is 0.408 e. The highest BCUT2D eigenvalue weighted by molar-refractivity contribution is 5.93. The van der Waals surface area contributed by atoms with Crippen molar-refractivity contribution in [1.29, 1.82) is 0 Å². The Kier molecular flexibility index (Phi) is 12.1. The largest absolute Gasteiger partial charge is 0.444 e. The van der Waals surface area contributed by atoms with Gasteiger partial charge in [0.2, 0.25) is 11.8 Å². The third-order valence-electron chi connectivity index (χ3n) is 6.64. The van der Waals surface area contributed by atoms with Gasteiger partial charge in [-0.15, -0.1) is 0 Å². The minimum absolute atomic E-state index is 0.170. The van der Waals surface area contributed by atoms with Crippen molar-refractivity contribution in [3.63, 3.8) is 0 Å². The smallest absolute Gasteiger partial charge is 0.408 e. The summed E-state index contributed by atoms with van der Waals surface area (Å²) in [5, 5.41) is 5.90. The number of alkyl carbamates (subject to hydrolysis) is 1. The summed E-state index contributed by atoms with van der Waals surface area (Å²) in [7, 11) is 0. The van der Waals surface area contributed by atoms with Crippen LogP contribution in [0.4, 0.5) is 4.79 Å². The third kappa shape index (κ3) is 9.67. The number of carbonyl (C=O) groups excluding carboxylic acids is 3. The molecule has 0 fully saturated rings. The second-order valence-electron chi connectivity index (χ2n) is 12.1. The zero-order chi connectivity index (χ0) is 28.6. The predicted octanol–water partition coefficient (Wildman–Crippen LogP) is 6.22. The number of hydrogen-bond acceptors (Lipinski definition) is 4. The molecule has 0 aliphatic rings. The van der Waals surface area contributed by atoms with Crippen molar-refractivity contribution < 1.29 is 19.1 Å². The molecule has 0 heterocycles. The first-order valence-corrected chi connectivity index (χ1v) is 13.7. The number of nitrogens with one attached hydrogen (secondary N) is 2. The van der Waals surface area contributed by atoms with Crippen LogP contribution in [-0.2, 0) is 14.3 Å². The summed E-state index contributed by atoms with van der Waals surface area (Å²) in [6.45, 7) is 21.7. The number of benzene rings is 1. The number of unbranched alkanes of at least 4 members (excludes halogenated alkanes) is 2. The van der Waals surface area contributed by atoms with Crippen LogP contribution in [0.3, 0.4) is 0 Å². The van der Waals surface area contributed by atoms with E-state index in [1.807, 2.05) is 66.7 Å². The van der Waals surface area contributed by atoms with Gasteiger partial charge in [0, 0.05) is 12.1 Å². The van der Waals surface area contributed by atoms with Crippen LogP contribution >= 0.6 is 0 Å². The quantitative estimate of drug-likeness (QED) is 0.341. The fourth-order valence-corrected chi connectivity index (χ4v) is 4.26. The fourth-order valence-electron chi connectivity index (χ4n) is 4.26. The summed E-state index contributed by atoms with van der Waals surface area (Å²) < 4.78 is 5.48. The molecule has 1 aromatic carbocycles. The molecular weight excluding hydrogens is 466 g/mol. The van der Waals surface area contributed by atoms with E-state index in [1.54, 1.807) is 25.7 Å². The number of rotatable bonds is 11. The van der Waals surface area contributed by atoms with Gasteiger partial charge in [-0.3, -0.25) is 9.59 Å². The molecule has 2 N–H and O–H groups in total. The molecule has 0 aliphatic carbocycles. The molecule has 0 saturated carbocycles. The van der Waals surface area contributed by atoms with E-state index in [-0.39, 0.29) is 17.7 Å². The molecule has 0 aliphatic heterocycles. The molecule has 1 aromatic rings. The summed E-state index contributed by atoms with van der Waals surface area (Å²) in [5.41, 5.74) is 1.40. The Bertz CT molecular complexity index is 914.